The highest BCUT2D eigenvalue weighted by Crippen LogP contribution is 2.26. The Kier molecular flexibility index (Phi) is 3.60. The summed E-state index contributed by atoms with van der Waals surface area (Å²) in [7, 11) is 0. The summed E-state index contributed by atoms with van der Waals surface area (Å²) in [6.07, 6.45) is 4.62. The molecule has 1 aliphatic carbocycles. The van der Waals surface area contributed by atoms with Gasteiger partial charge in [0.25, 0.3) is 0 Å². The minimum absolute atomic E-state index is 0.305. The number of nitrogens with one attached hydrogen (secondary N) is 2. The molecule has 0 aromatic carbocycles. The van der Waals surface area contributed by atoms with Crippen molar-refractivity contribution in [2.45, 2.75) is 56.7 Å². The van der Waals surface area contributed by atoms with Crippen LogP contribution in [-0.4, -0.2) is 20.8 Å². The maximum Gasteiger partial charge on any atom is 0.116 e. The van der Waals surface area contributed by atoms with Crippen LogP contribution in [0.2, 0.25) is 0 Å². The molecule has 0 amide bonds. The van der Waals surface area contributed by atoms with Gasteiger partial charge in [0.15, 0.2) is 0 Å². The zero-order chi connectivity index (χ0) is 11.6. The second-order valence-electron chi connectivity index (χ2n) is 5.41. The van der Waals surface area contributed by atoms with E-state index in [1.165, 1.54) is 18.5 Å². The summed E-state index contributed by atoms with van der Waals surface area (Å²) in [5.74, 6) is 2.06. The van der Waals surface area contributed by atoms with Gasteiger partial charge in [0.2, 0.25) is 0 Å². The van der Waals surface area contributed by atoms with E-state index in [1.54, 1.807) is 0 Å². The Bertz CT molecular complexity index is 336. The quantitative estimate of drug-likeness (QED) is 0.830. The maximum absolute atomic E-state index is 4.40. The van der Waals surface area contributed by atoms with Crippen LogP contribution >= 0.6 is 11.8 Å². The van der Waals surface area contributed by atoms with E-state index in [-0.39, 0.29) is 0 Å². The number of hydrogen-bond acceptors (Lipinski definition) is 3. The van der Waals surface area contributed by atoms with E-state index in [0.717, 1.165) is 24.2 Å². The smallest absolute Gasteiger partial charge is 0.116 e. The van der Waals surface area contributed by atoms with Gasteiger partial charge in [-0.05, 0) is 12.8 Å². The molecule has 4 heteroatoms. The molecule has 0 bridgehead atoms. The van der Waals surface area contributed by atoms with Crippen LogP contribution in [0, 0.1) is 0 Å². The molecular weight excluding hydrogens is 218 g/mol. The second kappa shape index (κ2) is 4.80. The zero-order valence-corrected chi connectivity index (χ0v) is 11.2. The molecule has 90 valence electrons. The Morgan fingerprint density at radius 3 is 2.88 bits per heavy atom. The first-order valence-corrected chi connectivity index (χ1v) is 6.91. The van der Waals surface area contributed by atoms with Crippen molar-refractivity contribution in [3.05, 3.63) is 17.7 Å². The molecule has 1 aliphatic rings. The Morgan fingerprint density at radius 1 is 1.50 bits per heavy atom. The number of hydrogen-bond donors (Lipinski definition) is 2. The lowest BCUT2D eigenvalue weighted by Gasteiger charge is -2.16. The summed E-state index contributed by atoms with van der Waals surface area (Å²) in [5, 5.41) is 3.48. The van der Waals surface area contributed by atoms with Crippen LogP contribution in [-0.2, 0) is 12.3 Å². The molecule has 0 unspecified atom stereocenters. The van der Waals surface area contributed by atoms with Crippen molar-refractivity contribution in [1.29, 1.82) is 0 Å². The Labute approximate surface area is 102 Å². The summed E-state index contributed by atoms with van der Waals surface area (Å²) in [6.45, 7) is 7.63. The molecule has 0 radical (unpaired) electrons. The first kappa shape index (κ1) is 12.0. The largest absolute Gasteiger partial charge is 0.344 e. The lowest BCUT2D eigenvalue weighted by atomic mass is 10.3. The molecule has 16 heavy (non-hydrogen) atoms. The standard InChI is InChI=1S/C12H21N3S/c1-12(2,3)16-8-11-14-7-10(15-11)6-13-9-4-5-9/h7,9,13H,4-6,8H2,1-3H3,(H,14,15). The number of aromatic nitrogens is 2. The van der Waals surface area contributed by atoms with Gasteiger partial charge in [0, 0.05) is 29.2 Å². The van der Waals surface area contributed by atoms with Gasteiger partial charge in [0.1, 0.15) is 5.82 Å². The van der Waals surface area contributed by atoms with Crippen molar-refractivity contribution < 1.29 is 0 Å². The number of aromatic amines is 1. The summed E-state index contributed by atoms with van der Waals surface area (Å²) < 4.78 is 0.305. The summed E-state index contributed by atoms with van der Waals surface area (Å²) >= 11 is 1.92. The first-order chi connectivity index (χ1) is 7.53. The predicted molar refractivity (Wildman–Crippen MR) is 69.5 cm³/mol. The highest BCUT2D eigenvalue weighted by Gasteiger charge is 2.20. The molecular formula is C12H21N3S. The van der Waals surface area contributed by atoms with Gasteiger partial charge in [-0.1, -0.05) is 20.8 Å². The van der Waals surface area contributed by atoms with Crippen LogP contribution in [0.5, 0.6) is 0 Å². The maximum atomic E-state index is 4.40. The average molecular weight is 239 g/mol. The molecule has 1 aromatic heterocycles. The van der Waals surface area contributed by atoms with Crippen molar-refractivity contribution in [3.63, 3.8) is 0 Å². The van der Waals surface area contributed by atoms with E-state index in [0.29, 0.717) is 4.75 Å². The third-order valence-corrected chi connectivity index (χ3v) is 3.77. The fraction of sp³-hybridized carbons (Fsp3) is 0.750. The van der Waals surface area contributed by atoms with Gasteiger partial charge in [0.05, 0.1) is 5.75 Å². The molecule has 3 nitrogen and oxygen atoms in total. The summed E-state index contributed by atoms with van der Waals surface area (Å²) in [6, 6.07) is 0.760. The second-order valence-corrected chi connectivity index (χ2v) is 7.21. The van der Waals surface area contributed by atoms with E-state index in [1.807, 2.05) is 18.0 Å². The number of rotatable bonds is 5. The third kappa shape index (κ3) is 4.18. The van der Waals surface area contributed by atoms with Gasteiger partial charge in [-0.3, -0.25) is 0 Å². The van der Waals surface area contributed by atoms with Gasteiger partial charge in [-0.2, -0.15) is 0 Å². The minimum atomic E-state index is 0.305. The highest BCUT2D eigenvalue weighted by molar-refractivity contribution is 7.99. The number of imidazole rings is 1. The third-order valence-electron chi connectivity index (χ3n) is 2.48. The fourth-order valence-corrected chi connectivity index (χ4v) is 2.11. The molecule has 0 atom stereocenters. The van der Waals surface area contributed by atoms with Crippen molar-refractivity contribution in [3.8, 4) is 0 Å². The SMILES string of the molecule is CC(C)(C)SCc1ncc(CNC2CC2)[nH]1. The van der Waals surface area contributed by atoms with Crippen LogP contribution in [0.25, 0.3) is 0 Å². The Hall–Kier alpha value is -0.480. The van der Waals surface area contributed by atoms with Gasteiger partial charge in [-0.25, -0.2) is 4.98 Å². The van der Waals surface area contributed by atoms with E-state index in [9.17, 15) is 0 Å². The average Bonchev–Trinajstić information content (AvgIpc) is 2.91. The molecule has 0 spiro atoms. The van der Waals surface area contributed by atoms with E-state index >= 15 is 0 Å². The van der Waals surface area contributed by atoms with Gasteiger partial charge < -0.3 is 10.3 Å². The lowest BCUT2D eigenvalue weighted by Crippen LogP contribution is -2.15. The molecule has 0 aliphatic heterocycles. The van der Waals surface area contributed by atoms with Crippen molar-refractivity contribution >= 4 is 11.8 Å². The van der Waals surface area contributed by atoms with E-state index < -0.39 is 0 Å². The van der Waals surface area contributed by atoms with Gasteiger partial charge >= 0.3 is 0 Å². The molecule has 1 fully saturated rings. The van der Waals surface area contributed by atoms with Gasteiger partial charge in [-0.15, -0.1) is 11.8 Å². The number of nitrogens with zero attached hydrogens (tertiary/aromatic N) is 1. The van der Waals surface area contributed by atoms with Crippen molar-refractivity contribution in [2.24, 2.45) is 0 Å². The van der Waals surface area contributed by atoms with E-state index in [4.69, 9.17) is 0 Å². The Morgan fingerprint density at radius 2 is 2.25 bits per heavy atom. The number of thioether (sulfide) groups is 1. The molecule has 1 saturated carbocycles. The van der Waals surface area contributed by atoms with Crippen molar-refractivity contribution in [2.75, 3.05) is 0 Å². The predicted octanol–water partition coefficient (Wildman–Crippen LogP) is 2.69. The van der Waals surface area contributed by atoms with Crippen LogP contribution in [0.15, 0.2) is 6.20 Å². The first-order valence-electron chi connectivity index (χ1n) is 5.93. The van der Waals surface area contributed by atoms with Crippen LogP contribution in [0.3, 0.4) is 0 Å². The molecule has 2 rings (SSSR count). The van der Waals surface area contributed by atoms with Crippen LogP contribution in [0.4, 0.5) is 0 Å². The molecule has 1 aromatic rings. The van der Waals surface area contributed by atoms with E-state index in [2.05, 4.69) is 36.1 Å². The Balaban J connectivity index is 1.77. The normalized spacial score (nSPS) is 16.7. The lowest BCUT2D eigenvalue weighted by molar-refractivity contribution is 0.676. The molecule has 0 saturated heterocycles. The monoisotopic (exact) mass is 239 g/mol. The molecule has 2 N–H and O–H groups in total. The minimum Gasteiger partial charge on any atom is -0.344 e. The summed E-state index contributed by atoms with van der Waals surface area (Å²) in [4.78, 5) is 7.78. The molecule has 1 heterocycles. The fourth-order valence-electron chi connectivity index (χ4n) is 1.40. The highest BCUT2D eigenvalue weighted by atomic mass is 32.2. The van der Waals surface area contributed by atoms with Crippen LogP contribution in [0.1, 0.15) is 45.1 Å². The zero-order valence-electron chi connectivity index (χ0n) is 10.3. The van der Waals surface area contributed by atoms with Crippen molar-refractivity contribution in [1.82, 2.24) is 15.3 Å². The summed E-state index contributed by atoms with van der Waals surface area (Å²) in [5.41, 5.74) is 1.21. The topological polar surface area (TPSA) is 40.7 Å². The number of H-pyrrole nitrogens is 1. The van der Waals surface area contributed by atoms with Crippen LogP contribution < -0.4 is 5.32 Å².